The molecule has 24 heavy (non-hydrogen) atoms. The van der Waals surface area contributed by atoms with Crippen molar-refractivity contribution in [2.45, 2.75) is 19.3 Å². The number of carbonyl (C=O) groups excluding carboxylic acids is 1. The number of carbonyl (C=O) groups is 1. The molecular formula is C18H22N4O2. The Morgan fingerprint density at radius 3 is 2.88 bits per heavy atom. The lowest BCUT2D eigenvalue weighted by atomic mass is 10.0. The third-order valence-corrected chi connectivity index (χ3v) is 4.23. The van der Waals surface area contributed by atoms with E-state index in [9.17, 15) is 4.79 Å². The van der Waals surface area contributed by atoms with Crippen LogP contribution in [-0.4, -0.2) is 35.6 Å². The van der Waals surface area contributed by atoms with Crippen LogP contribution in [0.3, 0.4) is 0 Å². The summed E-state index contributed by atoms with van der Waals surface area (Å²) in [5, 5.41) is 2.98. The van der Waals surface area contributed by atoms with Crippen LogP contribution in [0.1, 0.15) is 29.6 Å². The number of nitrogen functional groups attached to an aromatic ring is 1. The molecule has 0 aliphatic carbocycles. The van der Waals surface area contributed by atoms with E-state index in [0.29, 0.717) is 18.0 Å². The summed E-state index contributed by atoms with van der Waals surface area (Å²) in [6, 6.07) is 7.43. The van der Waals surface area contributed by atoms with Gasteiger partial charge in [0.15, 0.2) is 0 Å². The topological polar surface area (TPSA) is 90.1 Å². The van der Waals surface area contributed by atoms with Gasteiger partial charge >= 0.3 is 0 Å². The number of aromatic nitrogens is 2. The zero-order valence-corrected chi connectivity index (χ0v) is 13.6. The van der Waals surface area contributed by atoms with Crippen LogP contribution >= 0.6 is 0 Å². The van der Waals surface area contributed by atoms with Gasteiger partial charge in [-0.1, -0.05) is 12.1 Å². The minimum Gasteiger partial charge on any atom is -0.381 e. The maximum Gasteiger partial charge on any atom is 0.251 e. The smallest absolute Gasteiger partial charge is 0.251 e. The highest BCUT2D eigenvalue weighted by Gasteiger charge is 2.15. The predicted octanol–water partition coefficient (Wildman–Crippen LogP) is 2.27. The SMILES string of the molecule is Nc1ncc(-c2cccc(C(=O)NCCCC3CCOC3)c2)cn1. The second-order valence-electron chi connectivity index (χ2n) is 6.04. The lowest BCUT2D eigenvalue weighted by Gasteiger charge is -2.09. The molecule has 0 spiro atoms. The monoisotopic (exact) mass is 326 g/mol. The van der Waals surface area contributed by atoms with Crippen molar-refractivity contribution < 1.29 is 9.53 Å². The molecule has 6 heteroatoms. The summed E-state index contributed by atoms with van der Waals surface area (Å²) in [7, 11) is 0. The molecule has 0 radical (unpaired) electrons. The van der Waals surface area contributed by atoms with Gasteiger partial charge in [-0.2, -0.15) is 0 Å². The molecule has 0 bridgehead atoms. The average Bonchev–Trinajstić information content (AvgIpc) is 3.13. The molecule has 1 aliphatic heterocycles. The Bertz CT molecular complexity index is 682. The van der Waals surface area contributed by atoms with Gasteiger partial charge in [-0.25, -0.2) is 9.97 Å². The van der Waals surface area contributed by atoms with E-state index >= 15 is 0 Å². The molecular weight excluding hydrogens is 304 g/mol. The van der Waals surface area contributed by atoms with Gasteiger partial charge < -0.3 is 15.8 Å². The Balaban J connectivity index is 1.54. The number of rotatable bonds is 6. The van der Waals surface area contributed by atoms with Crippen molar-refractivity contribution in [1.29, 1.82) is 0 Å². The fourth-order valence-corrected chi connectivity index (χ4v) is 2.83. The largest absolute Gasteiger partial charge is 0.381 e. The summed E-state index contributed by atoms with van der Waals surface area (Å²) < 4.78 is 5.36. The molecule has 1 aliphatic rings. The molecule has 6 nitrogen and oxygen atoms in total. The van der Waals surface area contributed by atoms with E-state index in [-0.39, 0.29) is 11.9 Å². The number of nitrogens with zero attached hydrogens (tertiary/aromatic N) is 2. The van der Waals surface area contributed by atoms with E-state index < -0.39 is 0 Å². The van der Waals surface area contributed by atoms with E-state index in [1.807, 2.05) is 24.3 Å². The van der Waals surface area contributed by atoms with Gasteiger partial charge in [0.05, 0.1) is 0 Å². The van der Waals surface area contributed by atoms with E-state index in [2.05, 4.69) is 15.3 Å². The Morgan fingerprint density at radius 1 is 1.29 bits per heavy atom. The summed E-state index contributed by atoms with van der Waals surface area (Å²) >= 11 is 0. The molecule has 1 unspecified atom stereocenters. The molecule has 0 saturated carbocycles. The third-order valence-electron chi connectivity index (χ3n) is 4.23. The first kappa shape index (κ1) is 16.4. The van der Waals surface area contributed by atoms with Crippen LogP contribution in [0.5, 0.6) is 0 Å². The predicted molar refractivity (Wildman–Crippen MR) is 92.4 cm³/mol. The van der Waals surface area contributed by atoms with Gasteiger partial charge in [-0.3, -0.25) is 4.79 Å². The highest BCUT2D eigenvalue weighted by atomic mass is 16.5. The molecule has 2 heterocycles. The molecule has 3 rings (SSSR count). The quantitative estimate of drug-likeness (QED) is 0.795. The summed E-state index contributed by atoms with van der Waals surface area (Å²) in [6.07, 6.45) is 6.53. The number of hydrogen-bond donors (Lipinski definition) is 2. The highest BCUT2D eigenvalue weighted by molar-refractivity contribution is 5.95. The van der Waals surface area contributed by atoms with Crippen molar-refractivity contribution in [3.63, 3.8) is 0 Å². The van der Waals surface area contributed by atoms with E-state index in [1.54, 1.807) is 12.4 Å². The lowest BCUT2D eigenvalue weighted by molar-refractivity contribution is 0.0952. The van der Waals surface area contributed by atoms with Gasteiger partial charge in [-0.05, 0) is 42.9 Å². The number of amides is 1. The number of anilines is 1. The number of nitrogens with two attached hydrogens (primary N) is 1. The molecule has 1 saturated heterocycles. The first-order valence-electron chi connectivity index (χ1n) is 8.26. The number of ether oxygens (including phenoxy) is 1. The van der Waals surface area contributed by atoms with E-state index in [1.165, 1.54) is 0 Å². The van der Waals surface area contributed by atoms with Crippen LogP contribution < -0.4 is 11.1 Å². The molecule has 126 valence electrons. The molecule has 1 fully saturated rings. The van der Waals surface area contributed by atoms with E-state index in [4.69, 9.17) is 10.5 Å². The average molecular weight is 326 g/mol. The molecule has 1 aromatic carbocycles. The molecule has 2 aromatic rings. The molecule has 1 aromatic heterocycles. The van der Waals surface area contributed by atoms with Crippen molar-refractivity contribution >= 4 is 11.9 Å². The van der Waals surface area contributed by atoms with Crippen LogP contribution in [0.15, 0.2) is 36.7 Å². The molecule has 1 amide bonds. The van der Waals surface area contributed by atoms with Gasteiger partial charge in [-0.15, -0.1) is 0 Å². The zero-order valence-electron chi connectivity index (χ0n) is 13.6. The maximum atomic E-state index is 12.3. The standard InChI is InChI=1S/C18H22N4O2/c19-18-21-10-16(11-22-18)14-4-1-5-15(9-14)17(23)20-7-2-3-13-6-8-24-12-13/h1,4-5,9-11,13H,2-3,6-8,12H2,(H,20,23)(H2,19,21,22). The first-order chi connectivity index (χ1) is 11.7. The van der Waals surface area contributed by atoms with Gasteiger partial charge in [0, 0.05) is 43.3 Å². The van der Waals surface area contributed by atoms with Crippen LogP contribution in [0.25, 0.3) is 11.1 Å². The Hall–Kier alpha value is -2.47. The van der Waals surface area contributed by atoms with Crippen molar-refractivity contribution in [3.8, 4) is 11.1 Å². The van der Waals surface area contributed by atoms with E-state index in [0.717, 1.165) is 43.6 Å². The lowest BCUT2D eigenvalue weighted by Crippen LogP contribution is -2.24. The minimum atomic E-state index is -0.0594. The normalized spacial score (nSPS) is 16.9. The highest BCUT2D eigenvalue weighted by Crippen LogP contribution is 2.20. The summed E-state index contributed by atoms with van der Waals surface area (Å²) in [6.45, 7) is 2.42. The second-order valence-corrected chi connectivity index (χ2v) is 6.04. The zero-order chi connectivity index (χ0) is 16.8. The van der Waals surface area contributed by atoms with Crippen LogP contribution in [0.2, 0.25) is 0 Å². The summed E-state index contributed by atoms with van der Waals surface area (Å²) in [4.78, 5) is 20.3. The van der Waals surface area contributed by atoms with Crippen molar-refractivity contribution in [2.75, 3.05) is 25.5 Å². The Morgan fingerprint density at radius 2 is 2.12 bits per heavy atom. The Kier molecular flexibility index (Phi) is 5.38. The molecule has 1 atom stereocenters. The van der Waals surface area contributed by atoms with Crippen molar-refractivity contribution in [1.82, 2.24) is 15.3 Å². The first-order valence-corrected chi connectivity index (χ1v) is 8.26. The van der Waals surface area contributed by atoms with Crippen LogP contribution in [-0.2, 0) is 4.74 Å². The summed E-state index contributed by atoms with van der Waals surface area (Å²) in [5.74, 6) is 0.826. The van der Waals surface area contributed by atoms with Crippen LogP contribution in [0, 0.1) is 5.92 Å². The Labute approximate surface area is 141 Å². The van der Waals surface area contributed by atoms with Crippen molar-refractivity contribution in [3.05, 3.63) is 42.2 Å². The van der Waals surface area contributed by atoms with Gasteiger partial charge in [0.25, 0.3) is 5.91 Å². The fraction of sp³-hybridized carbons (Fsp3) is 0.389. The molecule has 3 N–H and O–H groups in total. The number of hydrogen-bond acceptors (Lipinski definition) is 5. The van der Waals surface area contributed by atoms with Crippen LogP contribution in [0.4, 0.5) is 5.95 Å². The minimum absolute atomic E-state index is 0.0594. The maximum absolute atomic E-state index is 12.3. The van der Waals surface area contributed by atoms with Gasteiger partial charge in [0.1, 0.15) is 0 Å². The number of nitrogens with one attached hydrogen (secondary N) is 1. The number of benzene rings is 1. The van der Waals surface area contributed by atoms with Crippen molar-refractivity contribution in [2.24, 2.45) is 5.92 Å². The fourth-order valence-electron chi connectivity index (χ4n) is 2.83. The second kappa shape index (κ2) is 7.88. The third kappa shape index (κ3) is 4.29. The van der Waals surface area contributed by atoms with Gasteiger partial charge in [0.2, 0.25) is 5.95 Å². The summed E-state index contributed by atoms with van der Waals surface area (Å²) in [5.41, 5.74) is 7.86.